The first-order valence-corrected chi connectivity index (χ1v) is 9.22. The maximum Gasteiger partial charge on any atom is 0.227 e. The average Bonchev–Trinajstić information content (AvgIpc) is 3.03. The molecule has 4 rings (SSSR count). The number of thioether (sulfide) groups is 1. The number of ketones is 1. The zero-order chi connectivity index (χ0) is 17.6. The number of benzene rings is 1. The number of nitrogens with zero attached hydrogens (tertiary/aromatic N) is 3. The molecule has 1 aliphatic carbocycles. The smallest absolute Gasteiger partial charge is 0.227 e. The van der Waals surface area contributed by atoms with Gasteiger partial charge in [-0.15, -0.1) is 5.10 Å². The number of carbonyl (C=O) groups is 1. The van der Waals surface area contributed by atoms with Crippen molar-refractivity contribution in [2.24, 2.45) is 5.92 Å². The number of phenolic OH excluding ortho intramolecular Hbond substituents is 1. The lowest BCUT2D eigenvalue weighted by molar-refractivity contribution is -0.123. The number of carbonyl (C=O) groups excluding carboxylic acids is 1. The van der Waals surface area contributed by atoms with Crippen LogP contribution in [0.4, 0.5) is 5.95 Å². The van der Waals surface area contributed by atoms with Crippen molar-refractivity contribution in [3.63, 3.8) is 0 Å². The number of ether oxygens (including phenoxy) is 1. The quantitative estimate of drug-likeness (QED) is 0.815. The van der Waals surface area contributed by atoms with Gasteiger partial charge in [-0.25, -0.2) is 4.68 Å². The van der Waals surface area contributed by atoms with Gasteiger partial charge in [0.15, 0.2) is 11.5 Å². The summed E-state index contributed by atoms with van der Waals surface area (Å²) in [5.74, 6) is 0.894. The second kappa shape index (κ2) is 6.11. The van der Waals surface area contributed by atoms with Gasteiger partial charge >= 0.3 is 0 Å². The summed E-state index contributed by atoms with van der Waals surface area (Å²) in [6.45, 7) is 0. The Morgan fingerprint density at radius 3 is 3.04 bits per heavy atom. The fourth-order valence-electron chi connectivity index (χ4n) is 3.45. The zero-order valence-electron chi connectivity index (χ0n) is 13.9. The summed E-state index contributed by atoms with van der Waals surface area (Å²) in [6.07, 6.45) is 5.22. The lowest BCUT2D eigenvalue weighted by Crippen LogP contribution is -2.38. The van der Waals surface area contributed by atoms with Gasteiger partial charge < -0.3 is 15.2 Å². The van der Waals surface area contributed by atoms with Crippen molar-refractivity contribution in [1.29, 1.82) is 0 Å². The van der Waals surface area contributed by atoms with Gasteiger partial charge in [-0.2, -0.15) is 4.98 Å². The Bertz CT molecular complexity index is 877. The number of Topliss-reactive ketones (excluding diaryl/α,β-unsaturated/α-hetero) is 1. The second-order valence-electron chi connectivity index (χ2n) is 6.01. The number of anilines is 1. The summed E-state index contributed by atoms with van der Waals surface area (Å²) in [5.41, 5.74) is 1.72. The van der Waals surface area contributed by atoms with Gasteiger partial charge in [-0.05, 0) is 30.4 Å². The van der Waals surface area contributed by atoms with Crippen molar-refractivity contribution in [3.05, 3.63) is 35.5 Å². The summed E-state index contributed by atoms with van der Waals surface area (Å²) < 4.78 is 7.01. The summed E-state index contributed by atoms with van der Waals surface area (Å²) in [5, 5.41) is 18.4. The molecule has 0 saturated carbocycles. The van der Waals surface area contributed by atoms with E-state index in [1.807, 2.05) is 6.26 Å². The number of phenols is 1. The van der Waals surface area contributed by atoms with Gasteiger partial charge in [0.2, 0.25) is 11.1 Å². The number of hydrogen-bond donors (Lipinski definition) is 2. The highest BCUT2D eigenvalue weighted by molar-refractivity contribution is 7.98. The third-order valence-corrected chi connectivity index (χ3v) is 5.15. The molecule has 2 aliphatic rings. The molecule has 0 amide bonds. The third kappa shape index (κ3) is 2.57. The minimum absolute atomic E-state index is 0.0644. The molecule has 2 N–H and O–H groups in total. The topological polar surface area (TPSA) is 89.3 Å². The number of methoxy groups -OCH3 is 1. The first-order valence-electron chi connectivity index (χ1n) is 7.99. The van der Waals surface area contributed by atoms with Gasteiger partial charge in [0.25, 0.3) is 0 Å². The Morgan fingerprint density at radius 1 is 1.44 bits per heavy atom. The number of allylic oxidation sites excluding steroid dienone is 2. The van der Waals surface area contributed by atoms with E-state index in [-0.39, 0.29) is 23.5 Å². The van der Waals surface area contributed by atoms with Gasteiger partial charge in [0, 0.05) is 12.1 Å². The molecule has 2 atom stereocenters. The number of fused-ring (bicyclic) bond motifs is 2. The van der Waals surface area contributed by atoms with E-state index in [0.717, 1.165) is 17.7 Å². The SMILES string of the molecule is COc1cc([C@@H]2[C@H]3C(=O)CCC=C3Nc3nc(SC)nn32)ccc1O. The molecule has 2 heterocycles. The van der Waals surface area contributed by atoms with Crippen LogP contribution in [-0.4, -0.2) is 39.0 Å². The molecule has 0 fully saturated rings. The van der Waals surface area contributed by atoms with Crippen LogP contribution in [0.5, 0.6) is 11.5 Å². The molecule has 0 spiro atoms. The molecule has 0 unspecified atom stereocenters. The summed E-state index contributed by atoms with van der Waals surface area (Å²) in [6, 6.07) is 4.82. The Hall–Kier alpha value is -2.48. The highest BCUT2D eigenvalue weighted by Crippen LogP contribution is 2.43. The molecular formula is C17H18N4O3S. The van der Waals surface area contributed by atoms with E-state index in [1.165, 1.54) is 18.9 Å². The van der Waals surface area contributed by atoms with E-state index in [4.69, 9.17) is 4.74 Å². The van der Waals surface area contributed by atoms with E-state index in [2.05, 4.69) is 21.5 Å². The molecule has 0 radical (unpaired) electrons. The lowest BCUT2D eigenvalue weighted by Gasteiger charge is -2.36. The van der Waals surface area contributed by atoms with Crippen LogP contribution in [0.2, 0.25) is 0 Å². The Morgan fingerprint density at radius 2 is 2.28 bits per heavy atom. The van der Waals surface area contributed by atoms with E-state index >= 15 is 0 Å². The Kier molecular flexibility index (Phi) is 3.91. The van der Waals surface area contributed by atoms with Crippen molar-refractivity contribution in [1.82, 2.24) is 14.8 Å². The van der Waals surface area contributed by atoms with Crippen LogP contribution in [-0.2, 0) is 4.79 Å². The van der Waals surface area contributed by atoms with Crippen molar-refractivity contribution < 1.29 is 14.6 Å². The average molecular weight is 358 g/mol. The molecule has 1 aromatic heterocycles. The van der Waals surface area contributed by atoms with Gasteiger partial charge in [0.05, 0.1) is 19.1 Å². The first kappa shape index (κ1) is 16.0. The standard InChI is InChI=1S/C17H18N4O3S/c1-24-13-8-9(6-7-11(13)22)15-14-10(4-3-5-12(14)23)18-16-19-17(25-2)20-21(15)16/h4,6-8,14-15,22H,3,5H2,1-2H3,(H,18,19,20)/t14-,15-/m1/s1. The highest BCUT2D eigenvalue weighted by Gasteiger charge is 2.41. The minimum Gasteiger partial charge on any atom is -0.504 e. The molecule has 8 heteroatoms. The molecule has 0 saturated heterocycles. The van der Waals surface area contributed by atoms with Crippen LogP contribution in [0.25, 0.3) is 0 Å². The molecular weight excluding hydrogens is 340 g/mol. The minimum atomic E-state index is -0.341. The van der Waals surface area contributed by atoms with Crippen LogP contribution in [0.3, 0.4) is 0 Å². The largest absolute Gasteiger partial charge is 0.504 e. The van der Waals surface area contributed by atoms with Gasteiger partial charge in [0.1, 0.15) is 5.78 Å². The number of rotatable bonds is 3. The number of aromatic hydroxyl groups is 1. The molecule has 0 bridgehead atoms. The third-order valence-electron chi connectivity index (χ3n) is 4.61. The van der Waals surface area contributed by atoms with Gasteiger partial charge in [-0.1, -0.05) is 23.9 Å². The van der Waals surface area contributed by atoms with E-state index < -0.39 is 0 Å². The normalized spacial score (nSPS) is 21.8. The molecule has 2 aromatic rings. The predicted octanol–water partition coefficient (Wildman–Crippen LogP) is 2.59. The maximum atomic E-state index is 12.7. The number of aromatic nitrogens is 3. The summed E-state index contributed by atoms with van der Waals surface area (Å²) in [4.78, 5) is 17.2. The molecule has 7 nitrogen and oxygen atoms in total. The van der Waals surface area contributed by atoms with Crippen molar-refractivity contribution in [3.8, 4) is 11.5 Å². The fraction of sp³-hybridized carbons (Fsp3) is 0.353. The maximum absolute atomic E-state index is 12.7. The van der Waals surface area contributed by atoms with Crippen LogP contribution < -0.4 is 10.1 Å². The van der Waals surface area contributed by atoms with Gasteiger partial charge in [-0.3, -0.25) is 4.79 Å². The molecule has 25 heavy (non-hydrogen) atoms. The van der Waals surface area contributed by atoms with E-state index in [0.29, 0.717) is 23.3 Å². The predicted molar refractivity (Wildman–Crippen MR) is 94.0 cm³/mol. The molecule has 130 valence electrons. The van der Waals surface area contributed by atoms with Crippen LogP contribution in [0, 0.1) is 5.92 Å². The zero-order valence-corrected chi connectivity index (χ0v) is 14.7. The Balaban J connectivity index is 1.90. The first-order chi connectivity index (χ1) is 12.1. The Labute approximate surface area is 149 Å². The van der Waals surface area contributed by atoms with Crippen LogP contribution in [0.1, 0.15) is 24.4 Å². The van der Waals surface area contributed by atoms with Crippen molar-refractivity contribution in [2.75, 3.05) is 18.7 Å². The summed E-state index contributed by atoms with van der Waals surface area (Å²) in [7, 11) is 1.51. The van der Waals surface area contributed by atoms with Crippen LogP contribution in [0.15, 0.2) is 35.1 Å². The molecule has 1 aliphatic heterocycles. The fourth-order valence-corrected chi connectivity index (χ4v) is 3.80. The number of nitrogens with one attached hydrogen (secondary N) is 1. The lowest BCUT2D eigenvalue weighted by atomic mass is 9.81. The second-order valence-corrected chi connectivity index (χ2v) is 6.78. The van der Waals surface area contributed by atoms with E-state index in [9.17, 15) is 9.90 Å². The number of hydrogen-bond acceptors (Lipinski definition) is 7. The van der Waals surface area contributed by atoms with Crippen LogP contribution >= 0.6 is 11.8 Å². The monoisotopic (exact) mass is 358 g/mol. The van der Waals surface area contributed by atoms with Crippen molar-refractivity contribution in [2.45, 2.75) is 24.0 Å². The summed E-state index contributed by atoms with van der Waals surface area (Å²) >= 11 is 1.45. The van der Waals surface area contributed by atoms with E-state index in [1.54, 1.807) is 22.9 Å². The highest BCUT2D eigenvalue weighted by atomic mass is 32.2. The van der Waals surface area contributed by atoms with Crippen molar-refractivity contribution >= 4 is 23.5 Å². The molecule has 1 aromatic carbocycles.